The molecule has 3 heterocycles. The predicted octanol–water partition coefficient (Wildman–Crippen LogP) is 4.78. The molecular weight excluding hydrogens is 395 g/mol. The summed E-state index contributed by atoms with van der Waals surface area (Å²) in [6.45, 7) is 4.77. The number of pyridine rings is 1. The zero-order chi connectivity index (χ0) is 21.3. The molecule has 2 N–H and O–H groups in total. The van der Waals surface area contributed by atoms with Gasteiger partial charge in [-0.15, -0.1) is 0 Å². The SMILES string of the molecule is Cc1nc(N[C@H](C)c2cccc(C(F)F)c2F)c2cc(N[C@@H]3CCOC3)ncc2n1. The number of ether oxygens (including phenoxy) is 1. The fourth-order valence-electron chi connectivity index (χ4n) is 3.55. The minimum Gasteiger partial charge on any atom is -0.379 e. The second-order valence-corrected chi connectivity index (χ2v) is 7.33. The number of anilines is 2. The third-order valence-electron chi connectivity index (χ3n) is 5.09. The van der Waals surface area contributed by atoms with Crippen molar-refractivity contribution in [3.63, 3.8) is 0 Å². The van der Waals surface area contributed by atoms with E-state index in [1.807, 2.05) is 6.07 Å². The van der Waals surface area contributed by atoms with E-state index in [-0.39, 0.29) is 11.6 Å². The summed E-state index contributed by atoms with van der Waals surface area (Å²) >= 11 is 0. The van der Waals surface area contributed by atoms with Crippen LogP contribution in [0.4, 0.5) is 24.8 Å². The molecule has 1 fully saturated rings. The summed E-state index contributed by atoms with van der Waals surface area (Å²) < 4.78 is 46.1. The highest BCUT2D eigenvalue weighted by Crippen LogP contribution is 2.31. The summed E-state index contributed by atoms with van der Waals surface area (Å²) in [7, 11) is 0. The fraction of sp³-hybridized carbons (Fsp3) is 0.381. The molecule has 158 valence electrons. The summed E-state index contributed by atoms with van der Waals surface area (Å²) in [6, 6.07) is 5.43. The Morgan fingerprint density at radius 2 is 2.00 bits per heavy atom. The third-order valence-corrected chi connectivity index (χ3v) is 5.09. The van der Waals surface area contributed by atoms with Gasteiger partial charge in [-0.05, 0) is 26.3 Å². The molecule has 9 heteroatoms. The molecule has 0 saturated carbocycles. The molecule has 0 spiro atoms. The van der Waals surface area contributed by atoms with E-state index in [2.05, 4.69) is 25.6 Å². The summed E-state index contributed by atoms with van der Waals surface area (Å²) in [5.74, 6) is 0.755. The lowest BCUT2D eigenvalue weighted by Gasteiger charge is -2.19. The average Bonchev–Trinajstić information content (AvgIpc) is 3.21. The number of fused-ring (bicyclic) bond motifs is 1. The number of alkyl halides is 2. The Kier molecular flexibility index (Phi) is 5.72. The first kappa shape index (κ1) is 20.3. The van der Waals surface area contributed by atoms with E-state index in [1.165, 1.54) is 12.1 Å². The molecular formula is C21H22F3N5O. The maximum atomic E-state index is 14.6. The zero-order valence-electron chi connectivity index (χ0n) is 16.6. The van der Waals surface area contributed by atoms with Gasteiger partial charge >= 0.3 is 0 Å². The highest BCUT2D eigenvalue weighted by molar-refractivity contribution is 5.90. The number of benzene rings is 1. The maximum Gasteiger partial charge on any atom is 0.266 e. The molecule has 0 aliphatic carbocycles. The van der Waals surface area contributed by atoms with E-state index in [9.17, 15) is 13.2 Å². The molecule has 0 unspecified atom stereocenters. The number of halogens is 3. The Balaban J connectivity index is 1.66. The van der Waals surface area contributed by atoms with Gasteiger partial charge in [-0.25, -0.2) is 28.1 Å². The van der Waals surface area contributed by atoms with Gasteiger partial charge in [-0.1, -0.05) is 18.2 Å². The van der Waals surface area contributed by atoms with Crippen LogP contribution in [0.2, 0.25) is 0 Å². The van der Waals surface area contributed by atoms with Gasteiger partial charge in [0.05, 0.1) is 36.0 Å². The van der Waals surface area contributed by atoms with Crippen LogP contribution in [0.1, 0.15) is 42.8 Å². The van der Waals surface area contributed by atoms with Crippen molar-refractivity contribution in [2.24, 2.45) is 0 Å². The van der Waals surface area contributed by atoms with Crippen LogP contribution >= 0.6 is 0 Å². The van der Waals surface area contributed by atoms with E-state index < -0.39 is 23.8 Å². The van der Waals surface area contributed by atoms with Crippen LogP contribution in [-0.4, -0.2) is 34.2 Å². The first-order valence-corrected chi connectivity index (χ1v) is 9.74. The topological polar surface area (TPSA) is 72.0 Å². The van der Waals surface area contributed by atoms with Crippen molar-refractivity contribution in [2.45, 2.75) is 38.8 Å². The number of hydrogen-bond acceptors (Lipinski definition) is 6. The molecule has 1 aliphatic rings. The van der Waals surface area contributed by atoms with Gasteiger partial charge in [0, 0.05) is 17.6 Å². The smallest absolute Gasteiger partial charge is 0.266 e. The number of aromatic nitrogens is 3. The van der Waals surface area contributed by atoms with Gasteiger partial charge in [-0.2, -0.15) is 0 Å². The minimum absolute atomic E-state index is 0.146. The molecule has 4 rings (SSSR count). The monoisotopic (exact) mass is 417 g/mol. The van der Waals surface area contributed by atoms with E-state index in [4.69, 9.17) is 4.74 Å². The van der Waals surface area contributed by atoms with Crippen LogP contribution in [0.3, 0.4) is 0 Å². The second-order valence-electron chi connectivity index (χ2n) is 7.33. The average molecular weight is 417 g/mol. The Bertz CT molecular complexity index is 1060. The summed E-state index contributed by atoms with van der Waals surface area (Å²) in [6.07, 6.45) is -0.333. The van der Waals surface area contributed by atoms with Crippen LogP contribution < -0.4 is 10.6 Å². The van der Waals surface area contributed by atoms with Crippen molar-refractivity contribution < 1.29 is 17.9 Å². The molecule has 6 nitrogen and oxygen atoms in total. The number of nitrogens with one attached hydrogen (secondary N) is 2. The summed E-state index contributed by atoms with van der Waals surface area (Å²) in [4.78, 5) is 13.3. The molecule has 1 aliphatic heterocycles. The van der Waals surface area contributed by atoms with Gasteiger partial charge < -0.3 is 15.4 Å². The molecule has 1 saturated heterocycles. The number of aryl methyl sites for hydroxylation is 1. The van der Waals surface area contributed by atoms with Crippen molar-refractivity contribution in [1.82, 2.24) is 15.0 Å². The fourth-order valence-corrected chi connectivity index (χ4v) is 3.55. The Labute approximate surface area is 171 Å². The molecule has 3 aromatic rings. The molecule has 0 bridgehead atoms. The third kappa shape index (κ3) is 4.16. The molecule has 0 amide bonds. The molecule has 2 atom stereocenters. The standard InChI is InChI=1S/C21H22F3N5O/c1-11(14-4-3-5-15(19(14)22)20(23)24)26-21-16-8-18(29-13-6-7-30-10-13)25-9-17(16)27-12(2)28-21/h3-5,8-9,11,13,20H,6-7,10H2,1-2H3,(H,25,29)(H,26,27,28)/t11-,13-/m1/s1. The van der Waals surface area contributed by atoms with Gasteiger partial charge in [0.15, 0.2) is 0 Å². The van der Waals surface area contributed by atoms with Gasteiger partial charge in [0.2, 0.25) is 0 Å². The van der Waals surface area contributed by atoms with Crippen LogP contribution in [0, 0.1) is 12.7 Å². The maximum absolute atomic E-state index is 14.6. The lowest BCUT2D eigenvalue weighted by Crippen LogP contribution is -2.19. The largest absolute Gasteiger partial charge is 0.379 e. The Morgan fingerprint density at radius 1 is 1.20 bits per heavy atom. The van der Waals surface area contributed by atoms with Crippen molar-refractivity contribution in [2.75, 3.05) is 23.8 Å². The molecule has 1 aromatic carbocycles. The van der Waals surface area contributed by atoms with E-state index >= 15 is 0 Å². The Morgan fingerprint density at radius 3 is 2.73 bits per heavy atom. The zero-order valence-corrected chi connectivity index (χ0v) is 16.6. The number of hydrogen-bond donors (Lipinski definition) is 2. The minimum atomic E-state index is -2.88. The van der Waals surface area contributed by atoms with Crippen LogP contribution in [-0.2, 0) is 4.74 Å². The summed E-state index contributed by atoms with van der Waals surface area (Å²) in [5.41, 5.74) is 0.166. The van der Waals surface area contributed by atoms with Crippen molar-refractivity contribution in [3.8, 4) is 0 Å². The van der Waals surface area contributed by atoms with Gasteiger partial charge in [0.1, 0.15) is 23.3 Å². The van der Waals surface area contributed by atoms with Gasteiger partial charge in [-0.3, -0.25) is 0 Å². The van der Waals surface area contributed by atoms with Crippen molar-refractivity contribution in [1.29, 1.82) is 0 Å². The van der Waals surface area contributed by atoms with Crippen molar-refractivity contribution in [3.05, 3.63) is 53.2 Å². The lowest BCUT2D eigenvalue weighted by molar-refractivity contribution is 0.146. The predicted molar refractivity (Wildman–Crippen MR) is 108 cm³/mol. The van der Waals surface area contributed by atoms with Crippen molar-refractivity contribution >= 4 is 22.5 Å². The van der Waals surface area contributed by atoms with Crippen LogP contribution in [0.25, 0.3) is 10.9 Å². The second kappa shape index (κ2) is 8.43. The molecule has 0 radical (unpaired) electrons. The summed E-state index contributed by atoms with van der Waals surface area (Å²) in [5, 5.41) is 7.18. The number of nitrogens with zero attached hydrogens (tertiary/aromatic N) is 3. The quantitative estimate of drug-likeness (QED) is 0.601. The Hall–Kier alpha value is -2.94. The highest BCUT2D eigenvalue weighted by atomic mass is 19.3. The normalized spacial score (nSPS) is 17.5. The lowest BCUT2D eigenvalue weighted by atomic mass is 10.0. The van der Waals surface area contributed by atoms with Crippen LogP contribution in [0.15, 0.2) is 30.5 Å². The van der Waals surface area contributed by atoms with E-state index in [0.717, 1.165) is 12.5 Å². The van der Waals surface area contributed by atoms with E-state index in [0.29, 0.717) is 41.6 Å². The highest BCUT2D eigenvalue weighted by Gasteiger charge is 2.21. The molecule has 2 aromatic heterocycles. The van der Waals surface area contributed by atoms with Crippen LogP contribution in [0.5, 0.6) is 0 Å². The first-order chi connectivity index (χ1) is 14.4. The molecule has 30 heavy (non-hydrogen) atoms. The first-order valence-electron chi connectivity index (χ1n) is 9.74. The van der Waals surface area contributed by atoms with Gasteiger partial charge in [0.25, 0.3) is 6.43 Å². The number of rotatable bonds is 6. The van der Waals surface area contributed by atoms with E-state index in [1.54, 1.807) is 20.0 Å².